The Morgan fingerprint density at radius 3 is 2.76 bits per heavy atom. The molecule has 21 heavy (non-hydrogen) atoms. The van der Waals surface area contributed by atoms with Gasteiger partial charge in [-0.05, 0) is 31.5 Å². The van der Waals surface area contributed by atoms with Crippen LogP contribution in [0.4, 0.5) is 10.2 Å². The fourth-order valence-electron chi connectivity index (χ4n) is 2.23. The van der Waals surface area contributed by atoms with Gasteiger partial charge < -0.3 is 5.32 Å². The Labute approximate surface area is 119 Å². The van der Waals surface area contributed by atoms with Crippen LogP contribution >= 0.6 is 0 Å². The SMILES string of the molecule is Cc1nc(NC(C)c2ccc(F)cc2)cc2n[nH]c(=O)n12. The summed E-state index contributed by atoms with van der Waals surface area (Å²) in [6.07, 6.45) is 0. The predicted octanol–water partition coefficient (Wildman–Crippen LogP) is 2.04. The minimum atomic E-state index is -0.312. The van der Waals surface area contributed by atoms with Crippen LogP contribution in [0.15, 0.2) is 35.1 Å². The van der Waals surface area contributed by atoms with E-state index in [1.165, 1.54) is 16.5 Å². The maximum absolute atomic E-state index is 12.9. The van der Waals surface area contributed by atoms with Gasteiger partial charge in [-0.1, -0.05) is 12.1 Å². The third kappa shape index (κ3) is 2.49. The zero-order valence-electron chi connectivity index (χ0n) is 11.6. The summed E-state index contributed by atoms with van der Waals surface area (Å²) in [5.41, 5.74) is 1.13. The van der Waals surface area contributed by atoms with Crippen LogP contribution in [0.1, 0.15) is 24.4 Å². The minimum absolute atomic E-state index is 0.0504. The number of rotatable bonds is 3. The average Bonchev–Trinajstić information content (AvgIpc) is 2.81. The van der Waals surface area contributed by atoms with Gasteiger partial charge in [-0.15, -0.1) is 0 Å². The summed E-state index contributed by atoms with van der Waals surface area (Å²) in [4.78, 5) is 15.9. The first kappa shape index (κ1) is 13.3. The summed E-state index contributed by atoms with van der Waals surface area (Å²) >= 11 is 0. The number of aryl methyl sites for hydroxylation is 1. The molecule has 7 heteroatoms. The van der Waals surface area contributed by atoms with E-state index < -0.39 is 0 Å². The van der Waals surface area contributed by atoms with Crippen molar-refractivity contribution >= 4 is 11.5 Å². The van der Waals surface area contributed by atoms with Crippen LogP contribution in [0, 0.1) is 12.7 Å². The van der Waals surface area contributed by atoms with Crippen molar-refractivity contribution in [2.24, 2.45) is 0 Å². The first-order chi connectivity index (χ1) is 10.0. The average molecular weight is 287 g/mol. The molecule has 108 valence electrons. The number of hydrogen-bond acceptors (Lipinski definition) is 4. The van der Waals surface area contributed by atoms with Gasteiger partial charge in [0.05, 0.1) is 0 Å². The predicted molar refractivity (Wildman–Crippen MR) is 76.8 cm³/mol. The molecule has 3 aromatic rings. The van der Waals surface area contributed by atoms with E-state index in [-0.39, 0.29) is 17.5 Å². The highest BCUT2D eigenvalue weighted by atomic mass is 19.1. The van der Waals surface area contributed by atoms with Crippen LogP contribution in [0.5, 0.6) is 0 Å². The summed E-state index contributed by atoms with van der Waals surface area (Å²) in [6.45, 7) is 3.68. The zero-order valence-corrected chi connectivity index (χ0v) is 11.6. The maximum Gasteiger partial charge on any atom is 0.349 e. The Morgan fingerprint density at radius 1 is 1.33 bits per heavy atom. The summed E-state index contributed by atoms with van der Waals surface area (Å²) in [5.74, 6) is 0.883. The monoisotopic (exact) mass is 287 g/mol. The van der Waals surface area contributed by atoms with Crippen molar-refractivity contribution in [1.29, 1.82) is 0 Å². The number of fused-ring (bicyclic) bond motifs is 1. The van der Waals surface area contributed by atoms with Crippen LogP contribution < -0.4 is 11.0 Å². The van der Waals surface area contributed by atoms with Gasteiger partial charge in [0.25, 0.3) is 0 Å². The molecule has 0 fully saturated rings. The summed E-state index contributed by atoms with van der Waals surface area (Å²) in [7, 11) is 0. The van der Waals surface area contributed by atoms with Crippen LogP contribution in [0.3, 0.4) is 0 Å². The Morgan fingerprint density at radius 2 is 2.05 bits per heavy atom. The number of aromatic amines is 1. The topological polar surface area (TPSA) is 75.1 Å². The molecule has 3 rings (SSSR count). The number of aromatic nitrogens is 4. The van der Waals surface area contributed by atoms with E-state index in [0.29, 0.717) is 17.3 Å². The Hall–Kier alpha value is -2.70. The number of anilines is 1. The van der Waals surface area contributed by atoms with Gasteiger partial charge >= 0.3 is 5.69 Å². The molecule has 6 nitrogen and oxygen atoms in total. The molecular weight excluding hydrogens is 273 g/mol. The van der Waals surface area contributed by atoms with E-state index in [0.717, 1.165) is 5.56 Å². The molecule has 1 unspecified atom stereocenters. The van der Waals surface area contributed by atoms with Gasteiger partial charge in [0.15, 0.2) is 5.65 Å². The van der Waals surface area contributed by atoms with Crippen LogP contribution in [0.2, 0.25) is 0 Å². The lowest BCUT2D eigenvalue weighted by Gasteiger charge is -2.15. The Balaban J connectivity index is 1.91. The second-order valence-electron chi connectivity index (χ2n) is 4.83. The molecule has 0 amide bonds. The quantitative estimate of drug-likeness (QED) is 0.773. The molecule has 0 radical (unpaired) electrons. The van der Waals surface area contributed by atoms with E-state index >= 15 is 0 Å². The van der Waals surface area contributed by atoms with Crippen LogP contribution in [-0.4, -0.2) is 19.6 Å². The van der Waals surface area contributed by atoms with Crippen molar-refractivity contribution in [2.45, 2.75) is 19.9 Å². The van der Waals surface area contributed by atoms with Crippen molar-refractivity contribution in [3.8, 4) is 0 Å². The standard InChI is InChI=1S/C14H14FN5O/c1-8(10-3-5-11(15)6-4-10)16-12-7-13-18-19-14(21)20(13)9(2)17-12/h3-8,16H,1-2H3,(H,19,21). The molecule has 0 aliphatic carbocycles. The number of nitrogens with one attached hydrogen (secondary N) is 2. The molecule has 1 atom stereocenters. The number of halogens is 1. The number of hydrogen-bond donors (Lipinski definition) is 2. The smallest absolute Gasteiger partial charge is 0.349 e. The number of H-pyrrole nitrogens is 1. The Bertz CT molecular complexity index is 837. The number of benzene rings is 1. The van der Waals surface area contributed by atoms with Crippen molar-refractivity contribution in [3.05, 3.63) is 58.0 Å². The summed E-state index contributed by atoms with van der Waals surface area (Å²) < 4.78 is 14.3. The summed E-state index contributed by atoms with van der Waals surface area (Å²) in [5, 5.41) is 9.53. The maximum atomic E-state index is 12.9. The van der Waals surface area contributed by atoms with Gasteiger partial charge in [-0.3, -0.25) is 0 Å². The third-order valence-electron chi connectivity index (χ3n) is 3.30. The van der Waals surface area contributed by atoms with Crippen molar-refractivity contribution < 1.29 is 4.39 Å². The minimum Gasteiger partial charge on any atom is -0.363 e. The van der Waals surface area contributed by atoms with Crippen LogP contribution in [0.25, 0.3) is 5.65 Å². The molecule has 0 saturated carbocycles. The molecular formula is C14H14FN5O. The number of nitrogens with zero attached hydrogens (tertiary/aromatic N) is 3. The molecule has 2 N–H and O–H groups in total. The van der Waals surface area contributed by atoms with Gasteiger partial charge in [-0.2, -0.15) is 5.10 Å². The van der Waals surface area contributed by atoms with Gasteiger partial charge in [0.1, 0.15) is 17.5 Å². The van der Waals surface area contributed by atoms with Crippen LogP contribution in [-0.2, 0) is 0 Å². The molecule has 2 aromatic heterocycles. The van der Waals surface area contributed by atoms with Gasteiger partial charge in [0, 0.05) is 12.1 Å². The molecule has 0 spiro atoms. The lowest BCUT2D eigenvalue weighted by Crippen LogP contribution is -2.15. The second kappa shape index (κ2) is 5.01. The summed E-state index contributed by atoms with van der Waals surface area (Å²) in [6, 6.07) is 7.91. The first-order valence-electron chi connectivity index (χ1n) is 6.51. The van der Waals surface area contributed by atoms with E-state index in [4.69, 9.17) is 0 Å². The highest BCUT2D eigenvalue weighted by Gasteiger charge is 2.10. The highest BCUT2D eigenvalue weighted by molar-refractivity contribution is 5.50. The Kier molecular flexibility index (Phi) is 3.17. The molecule has 0 aliphatic heterocycles. The van der Waals surface area contributed by atoms with Crippen molar-refractivity contribution in [2.75, 3.05) is 5.32 Å². The normalized spacial score (nSPS) is 12.5. The lowest BCUT2D eigenvalue weighted by atomic mass is 10.1. The van der Waals surface area contributed by atoms with Gasteiger partial charge in [-0.25, -0.2) is 23.7 Å². The molecule has 1 aromatic carbocycles. The second-order valence-corrected chi connectivity index (χ2v) is 4.83. The van der Waals surface area contributed by atoms with E-state index in [1.807, 2.05) is 6.92 Å². The zero-order chi connectivity index (χ0) is 15.0. The molecule has 0 aliphatic rings. The van der Waals surface area contributed by atoms with E-state index in [9.17, 15) is 9.18 Å². The van der Waals surface area contributed by atoms with E-state index in [1.54, 1.807) is 25.1 Å². The highest BCUT2D eigenvalue weighted by Crippen LogP contribution is 2.19. The van der Waals surface area contributed by atoms with Gasteiger partial charge in [0.2, 0.25) is 0 Å². The fraction of sp³-hybridized carbons (Fsp3) is 0.214. The third-order valence-corrected chi connectivity index (χ3v) is 3.30. The fourth-order valence-corrected chi connectivity index (χ4v) is 2.23. The molecule has 2 heterocycles. The largest absolute Gasteiger partial charge is 0.363 e. The molecule has 0 saturated heterocycles. The lowest BCUT2D eigenvalue weighted by molar-refractivity contribution is 0.626. The van der Waals surface area contributed by atoms with Crippen molar-refractivity contribution in [1.82, 2.24) is 19.6 Å². The first-order valence-corrected chi connectivity index (χ1v) is 6.51. The van der Waals surface area contributed by atoms with Crippen molar-refractivity contribution in [3.63, 3.8) is 0 Å². The molecule has 0 bridgehead atoms. The van der Waals surface area contributed by atoms with E-state index in [2.05, 4.69) is 20.5 Å².